The van der Waals surface area contributed by atoms with Gasteiger partial charge in [0.2, 0.25) is 0 Å². The van der Waals surface area contributed by atoms with E-state index in [2.05, 4.69) is 20.8 Å². The maximum Gasteiger partial charge on any atom is 0.269 e. The molecular formula is C10H13NO2. The highest BCUT2D eigenvalue weighted by atomic mass is 16.6. The number of non-ortho nitro benzene ring substituents is 1. The van der Waals surface area contributed by atoms with Gasteiger partial charge in [0.1, 0.15) is 0 Å². The molecule has 0 unspecified atom stereocenters. The van der Waals surface area contributed by atoms with Crippen LogP contribution in [-0.2, 0) is 5.41 Å². The van der Waals surface area contributed by atoms with Crippen molar-refractivity contribution < 1.29 is 4.92 Å². The van der Waals surface area contributed by atoms with E-state index in [9.17, 15) is 10.1 Å². The van der Waals surface area contributed by atoms with Crippen molar-refractivity contribution in [3.05, 3.63) is 39.9 Å². The van der Waals surface area contributed by atoms with Crippen molar-refractivity contribution in [1.82, 2.24) is 0 Å². The Hall–Kier alpha value is -1.38. The molecule has 3 nitrogen and oxygen atoms in total. The molecule has 0 radical (unpaired) electrons. The van der Waals surface area contributed by atoms with E-state index >= 15 is 0 Å². The van der Waals surface area contributed by atoms with Crippen LogP contribution in [0.25, 0.3) is 0 Å². The van der Waals surface area contributed by atoms with Crippen LogP contribution in [0.2, 0.25) is 0 Å². The highest BCUT2D eigenvalue weighted by molar-refractivity contribution is 5.35. The van der Waals surface area contributed by atoms with Crippen molar-refractivity contribution >= 4 is 5.69 Å². The Labute approximate surface area is 77.5 Å². The molecule has 0 atom stereocenters. The zero-order chi connectivity index (χ0) is 10.1. The van der Waals surface area contributed by atoms with Crippen molar-refractivity contribution in [3.63, 3.8) is 0 Å². The molecule has 70 valence electrons. The predicted molar refractivity (Wildman–Crippen MR) is 51.8 cm³/mol. The summed E-state index contributed by atoms with van der Waals surface area (Å²) in [5, 5.41) is 10.4. The first kappa shape index (κ1) is 9.71. The third-order valence-electron chi connectivity index (χ3n) is 1.94. The third kappa shape index (κ3) is 2.28. The summed E-state index contributed by atoms with van der Waals surface area (Å²) >= 11 is 0. The van der Waals surface area contributed by atoms with Gasteiger partial charge in [-0.2, -0.15) is 0 Å². The van der Waals surface area contributed by atoms with Gasteiger partial charge in [-0.15, -0.1) is 0 Å². The number of nitrogens with zero attached hydrogens (tertiary/aromatic N) is 1. The zero-order valence-electron chi connectivity index (χ0n) is 8.07. The fourth-order valence-electron chi connectivity index (χ4n) is 1.08. The van der Waals surface area contributed by atoms with Crippen LogP contribution in [0.15, 0.2) is 24.3 Å². The summed E-state index contributed by atoms with van der Waals surface area (Å²) in [6.45, 7) is 6.23. The van der Waals surface area contributed by atoms with Gasteiger partial charge < -0.3 is 0 Å². The Bertz CT molecular complexity index is 309. The Morgan fingerprint density at radius 3 is 1.92 bits per heavy atom. The van der Waals surface area contributed by atoms with Crippen LogP contribution < -0.4 is 0 Å². The van der Waals surface area contributed by atoms with Crippen LogP contribution in [0.5, 0.6) is 0 Å². The quantitative estimate of drug-likeness (QED) is 0.491. The van der Waals surface area contributed by atoms with Crippen LogP contribution >= 0.6 is 0 Å². The lowest BCUT2D eigenvalue weighted by Gasteiger charge is -2.18. The molecule has 0 heterocycles. The highest BCUT2D eigenvalue weighted by Crippen LogP contribution is 2.23. The SMILES string of the molecule is CC(C)(C)c1ccc([N+](=O)[O-])cc1. The van der Waals surface area contributed by atoms with Gasteiger partial charge in [0.25, 0.3) is 5.69 Å². The number of hydrogen-bond acceptors (Lipinski definition) is 2. The van der Waals surface area contributed by atoms with Crippen LogP contribution in [0.4, 0.5) is 5.69 Å². The van der Waals surface area contributed by atoms with E-state index < -0.39 is 0 Å². The molecule has 1 aromatic carbocycles. The molecule has 0 aliphatic heterocycles. The molecule has 0 aliphatic rings. The summed E-state index contributed by atoms with van der Waals surface area (Å²) in [4.78, 5) is 9.98. The Kier molecular flexibility index (Phi) is 2.36. The van der Waals surface area contributed by atoms with Crippen LogP contribution in [-0.4, -0.2) is 4.92 Å². The van der Waals surface area contributed by atoms with E-state index in [0.29, 0.717) is 0 Å². The monoisotopic (exact) mass is 179 g/mol. The van der Waals surface area contributed by atoms with Crippen LogP contribution in [0.1, 0.15) is 26.3 Å². The van der Waals surface area contributed by atoms with Gasteiger partial charge in [-0.1, -0.05) is 32.9 Å². The Morgan fingerprint density at radius 2 is 1.62 bits per heavy atom. The predicted octanol–water partition coefficient (Wildman–Crippen LogP) is 2.89. The second kappa shape index (κ2) is 3.17. The minimum absolute atomic E-state index is 0.0507. The van der Waals surface area contributed by atoms with Gasteiger partial charge in [-0.05, 0) is 11.0 Å². The lowest BCUT2D eigenvalue weighted by molar-refractivity contribution is -0.384. The first-order valence-electron chi connectivity index (χ1n) is 4.16. The molecule has 0 spiro atoms. The summed E-state index contributed by atoms with van der Waals surface area (Å²) in [5.74, 6) is 0. The molecule has 0 saturated carbocycles. The van der Waals surface area contributed by atoms with E-state index in [0.717, 1.165) is 5.56 Å². The summed E-state index contributed by atoms with van der Waals surface area (Å²) in [7, 11) is 0. The first-order valence-corrected chi connectivity index (χ1v) is 4.16. The fourth-order valence-corrected chi connectivity index (χ4v) is 1.08. The lowest BCUT2D eigenvalue weighted by Crippen LogP contribution is -2.10. The van der Waals surface area contributed by atoms with Crippen molar-refractivity contribution in [2.45, 2.75) is 26.2 Å². The second-order valence-electron chi connectivity index (χ2n) is 4.05. The zero-order valence-corrected chi connectivity index (χ0v) is 8.07. The van der Waals surface area contributed by atoms with Gasteiger partial charge in [0.05, 0.1) is 4.92 Å². The van der Waals surface area contributed by atoms with Crippen molar-refractivity contribution in [2.24, 2.45) is 0 Å². The number of benzene rings is 1. The Morgan fingerprint density at radius 1 is 1.15 bits per heavy atom. The second-order valence-corrected chi connectivity index (χ2v) is 4.05. The van der Waals surface area contributed by atoms with E-state index in [-0.39, 0.29) is 16.0 Å². The van der Waals surface area contributed by atoms with Crippen molar-refractivity contribution in [3.8, 4) is 0 Å². The summed E-state index contributed by atoms with van der Waals surface area (Å²) in [6, 6.07) is 6.69. The molecule has 0 amide bonds. The minimum atomic E-state index is -0.383. The molecule has 0 bridgehead atoms. The molecule has 13 heavy (non-hydrogen) atoms. The summed E-state index contributed by atoms with van der Waals surface area (Å²) in [5.41, 5.74) is 1.31. The van der Waals surface area contributed by atoms with Crippen molar-refractivity contribution in [2.75, 3.05) is 0 Å². The average molecular weight is 179 g/mol. The lowest BCUT2D eigenvalue weighted by atomic mass is 9.87. The molecule has 1 rings (SSSR count). The maximum atomic E-state index is 10.4. The molecule has 0 aromatic heterocycles. The molecule has 3 heteroatoms. The number of nitro benzene ring substituents is 1. The van der Waals surface area contributed by atoms with E-state index in [1.54, 1.807) is 24.3 Å². The normalized spacial score (nSPS) is 11.3. The highest BCUT2D eigenvalue weighted by Gasteiger charge is 2.14. The molecule has 0 N–H and O–H groups in total. The standard InChI is InChI=1S/C10H13NO2/c1-10(2,3)8-4-6-9(7-5-8)11(12)13/h4-7H,1-3H3. The summed E-state index contributed by atoms with van der Waals surface area (Å²) < 4.78 is 0. The molecular weight excluding hydrogens is 166 g/mol. The maximum absolute atomic E-state index is 10.4. The number of nitro groups is 1. The van der Waals surface area contributed by atoms with Gasteiger partial charge in [0, 0.05) is 12.1 Å². The molecule has 0 saturated heterocycles. The fraction of sp³-hybridized carbons (Fsp3) is 0.400. The topological polar surface area (TPSA) is 43.1 Å². The van der Waals surface area contributed by atoms with Crippen LogP contribution in [0, 0.1) is 10.1 Å². The van der Waals surface area contributed by atoms with Gasteiger partial charge in [-0.25, -0.2) is 0 Å². The summed E-state index contributed by atoms with van der Waals surface area (Å²) in [6.07, 6.45) is 0. The first-order chi connectivity index (χ1) is 5.91. The number of hydrogen-bond donors (Lipinski definition) is 0. The largest absolute Gasteiger partial charge is 0.269 e. The Balaban J connectivity index is 3.01. The van der Waals surface area contributed by atoms with E-state index in [1.165, 1.54) is 0 Å². The third-order valence-corrected chi connectivity index (χ3v) is 1.94. The van der Waals surface area contributed by atoms with E-state index in [4.69, 9.17) is 0 Å². The average Bonchev–Trinajstić information content (AvgIpc) is 2.03. The molecule has 0 fully saturated rings. The van der Waals surface area contributed by atoms with Crippen LogP contribution in [0.3, 0.4) is 0 Å². The van der Waals surface area contributed by atoms with Gasteiger partial charge in [0.15, 0.2) is 0 Å². The molecule has 1 aromatic rings. The number of rotatable bonds is 1. The van der Waals surface area contributed by atoms with E-state index in [1.807, 2.05) is 0 Å². The van der Waals surface area contributed by atoms with Gasteiger partial charge >= 0.3 is 0 Å². The molecule has 0 aliphatic carbocycles. The van der Waals surface area contributed by atoms with Crippen molar-refractivity contribution in [1.29, 1.82) is 0 Å². The van der Waals surface area contributed by atoms with Gasteiger partial charge in [-0.3, -0.25) is 10.1 Å². The smallest absolute Gasteiger partial charge is 0.258 e. The minimum Gasteiger partial charge on any atom is -0.258 e.